The van der Waals surface area contributed by atoms with Crippen molar-refractivity contribution in [3.05, 3.63) is 58.0 Å². The Morgan fingerprint density at radius 1 is 1.22 bits per heavy atom. The van der Waals surface area contributed by atoms with Gasteiger partial charge in [0, 0.05) is 5.56 Å². The third-order valence-corrected chi connectivity index (χ3v) is 2.64. The van der Waals surface area contributed by atoms with E-state index in [0.29, 0.717) is 5.82 Å². The summed E-state index contributed by atoms with van der Waals surface area (Å²) >= 11 is 11.3. The first-order valence-electron chi connectivity index (χ1n) is 4.95. The third-order valence-electron chi connectivity index (χ3n) is 2.14. The van der Waals surface area contributed by atoms with Gasteiger partial charge in [0.2, 0.25) is 0 Å². The predicted octanol–water partition coefficient (Wildman–Crippen LogP) is 3.78. The lowest BCUT2D eigenvalue weighted by atomic mass is 10.2. The maximum absolute atomic E-state index is 12.9. The maximum atomic E-state index is 12.9. The fourth-order valence-electron chi connectivity index (χ4n) is 1.30. The van der Waals surface area contributed by atoms with Gasteiger partial charge >= 0.3 is 0 Å². The van der Waals surface area contributed by atoms with Crippen LogP contribution in [0, 0.1) is 5.82 Å². The summed E-state index contributed by atoms with van der Waals surface area (Å²) < 4.78 is 12.9. The van der Waals surface area contributed by atoms with Crippen molar-refractivity contribution in [2.75, 3.05) is 5.32 Å². The average Bonchev–Trinajstić information content (AvgIpc) is 2.32. The fourth-order valence-corrected chi connectivity index (χ4v) is 1.65. The molecule has 0 fully saturated rings. The van der Waals surface area contributed by atoms with Crippen molar-refractivity contribution in [3.63, 3.8) is 0 Å². The van der Waals surface area contributed by atoms with E-state index in [0.717, 1.165) is 6.07 Å². The molecule has 0 aliphatic carbocycles. The Morgan fingerprint density at radius 2 is 2.00 bits per heavy atom. The van der Waals surface area contributed by atoms with Gasteiger partial charge in [0.1, 0.15) is 16.8 Å². The number of pyridine rings is 1. The van der Waals surface area contributed by atoms with Crippen molar-refractivity contribution in [2.24, 2.45) is 0 Å². The zero-order valence-corrected chi connectivity index (χ0v) is 10.5. The van der Waals surface area contributed by atoms with Crippen molar-refractivity contribution in [1.82, 2.24) is 4.98 Å². The Balaban J connectivity index is 2.19. The van der Waals surface area contributed by atoms with Crippen molar-refractivity contribution >= 4 is 34.9 Å². The smallest absolute Gasteiger partial charge is 0.256 e. The summed E-state index contributed by atoms with van der Waals surface area (Å²) in [4.78, 5) is 15.7. The third kappa shape index (κ3) is 2.97. The van der Waals surface area contributed by atoms with Crippen LogP contribution in [0.5, 0.6) is 0 Å². The summed E-state index contributed by atoms with van der Waals surface area (Å²) in [6.45, 7) is 0. The number of rotatable bonds is 2. The van der Waals surface area contributed by atoms with Gasteiger partial charge in [0.15, 0.2) is 0 Å². The summed E-state index contributed by atoms with van der Waals surface area (Å²) in [5.41, 5.74) is 0.239. The largest absolute Gasteiger partial charge is 0.307 e. The van der Waals surface area contributed by atoms with Crippen LogP contribution in [0.4, 0.5) is 10.2 Å². The molecule has 0 radical (unpaired) electrons. The first-order chi connectivity index (χ1) is 8.56. The van der Waals surface area contributed by atoms with Crippen molar-refractivity contribution in [2.45, 2.75) is 0 Å². The lowest BCUT2D eigenvalue weighted by Gasteiger charge is -2.05. The Labute approximate surface area is 113 Å². The van der Waals surface area contributed by atoms with Gasteiger partial charge < -0.3 is 5.32 Å². The molecule has 0 saturated heterocycles. The number of hydrogen-bond acceptors (Lipinski definition) is 2. The second-order valence-corrected chi connectivity index (χ2v) is 4.22. The molecule has 0 aliphatic rings. The minimum absolute atomic E-state index is 0.110. The molecule has 0 saturated carbocycles. The zero-order valence-electron chi connectivity index (χ0n) is 8.95. The van der Waals surface area contributed by atoms with Gasteiger partial charge in [0.25, 0.3) is 5.91 Å². The van der Waals surface area contributed by atoms with Crippen LogP contribution in [0.1, 0.15) is 10.4 Å². The molecular weight excluding hydrogens is 278 g/mol. The second-order valence-electron chi connectivity index (χ2n) is 3.43. The number of carbonyl (C=O) groups is 1. The van der Waals surface area contributed by atoms with Crippen LogP contribution in [-0.4, -0.2) is 10.9 Å². The highest BCUT2D eigenvalue weighted by Gasteiger charge is 2.09. The van der Waals surface area contributed by atoms with Crippen LogP contribution < -0.4 is 5.32 Å². The van der Waals surface area contributed by atoms with E-state index >= 15 is 0 Å². The predicted molar refractivity (Wildman–Crippen MR) is 68.6 cm³/mol. The van der Waals surface area contributed by atoms with E-state index in [9.17, 15) is 9.18 Å². The van der Waals surface area contributed by atoms with Gasteiger partial charge in [0.05, 0.1) is 5.02 Å². The summed E-state index contributed by atoms with van der Waals surface area (Å²) in [5, 5.41) is 2.69. The monoisotopic (exact) mass is 284 g/mol. The van der Waals surface area contributed by atoms with Gasteiger partial charge in [-0.15, -0.1) is 0 Å². The molecule has 0 spiro atoms. The van der Waals surface area contributed by atoms with Gasteiger partial charge in [-0.1, -0.05) is 29.3 Å². The van der Waals surface area contributed by atoms with Gasteiger partial charge in [-0.2, -0.15) is 0 Å². The Morgan fingerprint density at radius 3 is 2.67 bits per heavy atom. The maximum Gasteiger partial charge on any atom is 0.256 e. The summed E-state index contributed by atoms with van der Waals surface area (Å²) in [6.07, 6.45) is 0. The number of anilines is 1. The molecule has 2 rings (SSSR count). The molecule has 0 unspecified atom stereocenters. The first-order valence-corrected chi connectivity index (χ1v) is 5.71. The lowest BCUT2D eigenvalue weighted by Crippen LogP contribution is -2.13. The Bertz CT molecular complexity index is 604. The molecular formula is C12H7Cl2FN2O. The van der Waals surface area contributed by atoms with Crippen molar-refractivity contribution < 1.29 is 9.18 Å². The van der Waals surface area contributed by atoms with E-state index in [-0.39, 0.29) is 15.7 Å². The highest BCUT2D eigenvalue weighted by Crippen LogP contribution is 2.17. The highest BCUT2D eigenvalue weighted by molar-refractivity contribution is 6.31. The van der Waals surface area contributed by atoms with Gasteiger partial charge in [-0.3, -0.25) is 4.79 Å². The molecule has 0 atom stereocenters. The first kappa shape index (κ1) is 12.8. The van der Waals surface area contributed by atoms with Gasteiger partial charge in [-0.25, -0.2) is 9.37 Å². The number of nitrogens with one attached hydrogen (secondary N) is 1. The van der Waals surface area contributed by atoms with Crippen molar-refractivity contribution in [3.8, 4) is 0 Å². The molecule has 92 valence electrons. The second kappa shape index (κ2) is 5.33. The zero-order chi connectivity index (χ0) is 13.1. The summed E-state index contributed by atoms with van der Waals surface area (Å²) in [5.74, 6) is -0.700. The van der Waals surface area contributed by atoms with E-state index in [1.54, 1.807) is 18.2 Å². The topological polar surface area (TPSA) is 42.0 Å². The molecule has 1 aromatic heterocycles. The lowest BCUT2D eigenvalue weighted by molar-refractivity contribution is 0.102. The SMILES string of the molecule is O=C(Nc1cccc(Cl)n1)c1ccc(F)c(Cl)c1. The summed E-state index contributed by atoms with van der Waals surface area (Å²) in [6, 6.07) is 8.55. The molecule has 0 bridgehead atoms. The van der Waals surface area contributed by atoms with E-state index in [1.165, 1.54) is 12.1 Å². The standard InChI is InChI=1S/C12H7Cl2FN2O/c13-8-6-7(4-5-9(8)15)12(18)17-11-3-1-2-10(14)16-11/h1-6H,(H,16,17,18). The molecule has 1 heterocycles. The highest BCUT2D eigenvalue weighted by atomic mass is 35.5. The average molecular weight is 285 g/mol. The molecule has 18 heavy (non-hydrogen) atoms. The van der Waals surface area contributed by atoms with E-state index in [2.05, 4.69) is 10.3 Å². The Hall–Kier alpha value is -1.65. The van der Waals surface area contributed by atoms with Crippen LogP contribution in [0.25, 0.3) is 0 Å². The molecule has 2 aromatic rings. The number of nitrogens with zero attached hydrogens (tertiary/aromatic N) is 1. The number of benzene rings is 1. The summed E-state index contributed by atoms with van der Waals surface area (Å²) in [7, 11) is 0. The molecule has 1 N–H and O–H groups in total. The van der Waals surface area contributed by atoms with Crippen LogP contribution in [0.2, 0.25) is 10.2 Å². The van der Waals surface area contributed by atoms with Crippen LogP contribution in [-0.2, 0) is 0 Å². The van der Waals surface area contributed by atoms with Gasteiger partial charge in [-0.05, 0) is 30.3 Å². The molecule has 0 aliphatic heterocycles. The quantitative estimate of drug-likeness (QED) is 0.853. The number of aromatic nitrogens is 1. The van der Waals surface area contributed by atoms with Crippen LogP contribution >= 0.6 is 23.2 Å². The van der Waals surface area contributed by atoms with Crippen LogP contribution in [0.3, 0.4) is 0 Å². The number of hydrogen-bond donors (Lipinski definition) is 1. The number of amides is 1. The molecule has 3 nitrogen and oxygen atoms in total. The number of halogens is 3. The Kier molecular flexibility index (Phi) is 3.79. The molecule has 1 aromatic carbocycles. The van der Waals surface area contributed by atoms with E-state index in [4.69, 9.17) is 23.2 Å². The minimum Gasteiger partial charge on any atom is -0.307 e. The van der Waals surface area contributed by atoms with E-state index < -0.39 is 11.7 Å². The van der Waals surface area contributed by atoms with E-state index in [1.807, 2.05) is 0 Å². The normalized spacial score (nSPS) is 10.2. The molecule has 6 heteroatoms. The minimum atomic E-state index is -0.575. The van der Waals surface area contributed by atoms with Crippen LogP contribution in [0.15, 0.2) is 36.4 Å². The molecule has 1 amide bonds. The fraction of sp³-hybridized carbons (Fsp3) is 0. The number of carbonyl (C=O) groups excluding carboxylic acids is 1. The van der Waals surface area contributed by atoms with Crippen molar-refractivity contribution in [1.29, 1.82) is 0 Å².